The van der Waals surface area contributed by atoms with Gasteiger partial charge < -0.3 is 10.0 Å². The summed E-state index contributed by atoms with van der Waals surface area (Å²) in [6, 6.07) is 6.12. The van der Waals surface area contributed by atoms with Gasteiger partial charge in [0.15, 0.2) is 0 Å². The maximum Gasteiger partial charge on any atom is 0.122 e. The molecule has 2 aromatic rings. The van der Waals surface area contributed by atoms with E-state index in [2.05, 4.69) is 34.4 Å². The van der Waals surface area contributed by atoms with Crippen LogP contribution in [0.15, 0.2) is 24.4 Å². The Balaban J connectivity index is 1.96. The standard InChI is InChI=1S/C13H16N4O/c1-16-6-5-9-7-10(3-4-11(9)16)13(18)12-8-14-15-17(12)2/h3-4,7-8,13,18H,5-6H2,1-2H3. The van der Waals surface area contributed by atoms with E-state index in [1.165, 1.54) is 11.3 Å². The predicted molar refractivity (Wildman–Crippen MR) is 68.5 cm³/mol. The van der Waals surface area contributed by atoms with E-state index in [9.17, 15) is 5.11 Å². The lowest BCUT2D eigenvalue weighted by Gasteiger charge is -2.14. The molecule has 0 fully saturated rings. The van der Waals surface area contributed by atoms with Gasteiger partial charge in [0, 0.05) is 26.3 Å². The second kappa shape index (κ2) is 4.10. The number of aromatic nitrogens is 3. The van der Waals surface area contributed by atoms with Crippen LogP contribution in [-0.2, 0) is 13.5 Å². The van der Waals surface area contributed by atoms with Gasteiger partial charge in [0.2, 0.25) is 0 Å². The van der Waals surface area contributed by atoms with Gasteiger partial charge in [-0.3, -0.25) is 0 Å². The zero-order valence-corrected chi connectivity index (χ0v) is 10.5. The smallest absolute Gasteiger partial charge is 0.122 e. The Kier molecular flexibility index (Phi) is 2.56. The number of likely N-dealkylation sites (N-methyl/N-ethyl adjacent to an activating group) is 1. The summed E-state index contributed by atoms with van der Waals surface area (Å²) >= 11 is 0. The number of aliphatic hydroxyl groups is 1. The minimum atomic E-state index is -0.666. The topological polar surface area (TPSA) is 54.2 Å². The number of fused-ring (bicyclic) bond motifs is 1. The molecule has 0 bridgehead atoms. The summed E-state index contributed by atoms with van der Waals surface area (Å²) in [5.74, 6) is 0. The summed E-state index contributed by atoms with van der Waals surface area (Å²) in [7, 11) is 3.87. The van der Waals surface area contributed by atoms with Crippen LogP contribution < -0.4 is 4.90 Å². The molecule has 5 heteroatoms. The fourth-order valence-corrected chi connectivity index (χ4v) is 2.47. The molecular weight excluding hydrogens is 228 g/mol. The van der Waals surface area contributed by atoms with Crippen LogP contribution in [0, 0.1) is 0 Å². The highest BCUT2D eigenvalue weighted by molar-refractivity contribution is 5.58. The van der Waals surface area contributed by atoms with Crippen LogP contribution in [0.1, 0.15) is 22.9 Å². The third-order valence-electron chi connectivity index (χ3n) is 3.58. The summed E-state index contributed by atoms with van der Waals surface area (Å²) in [5.41, 5.74) is 4.16. The molecular formula is C13H16N4O. The maximum atomic E-state index is 10.3. The number of hydrogen-bond acceptors (Lipinski definition) is 4. The molecule has 0 saturated heterocycles. The Morgan fingerprint density at radius 3 is 2.89 bits per heavy atom. The van der Waals surface area contributed by atoms with E-state index in [1.807, 2.05) is 6.07 Å². The van der Waals surface area contributed by atoms with Crippen LogP contribution in [0.3, 0.4) is 0 Å². The number of aryl methyl sites for hydroxylation is 1. The molecule has 1 aliphatic heterocycles. The van der Waals surface area contributed by atoms with E-state index in [4.69, 9.17) is 0 Å². The zero-order valence-electron chi connectivity index (χ0n) is 10.5. The highest BCUT2D eigenvalue weighted by Crippen LogP contribution is 2.30. The van der Waals surface area contributed by atoms with Crippen LogP contribution >= 0.6 is 0 Å². The lowest BCUT2D eigenvalue weighted by molar-refractivity contribution is 0.209. The molecule has 94 valence electrons. The molecule has 0 aliphatic carbocycles. The summed E-state index contributed by atoms with van der Waals surface area (Å²) < 4.78 is 1.60. The van der Waals surface area contributed by atoms with E-state index < -0.39 is 6.10 Å². The van der Waals surface area contributed by atoms with Crippen molar-refractivity contribution in [3.63, 3.8) is 0 Å². The van der Waals surface area contributed by atoms with Crippen molar-refractivity contribution in [1.82, 2.24) is 15.0 Å². The Morgan fingerprint density at radius 2 is 2.17 bits per heavy atom. The van der Waals surface area contributed by atoms with Crippen LogP contribution in [0.2, 0.25) is 0 Å². The number of benzene rings is 1. The second-order valence-electron chi connectivity index (χ2n) is 4.74. The van der Waals surface area contributed by atoms with E-state index in [0.717, 1.165) is 18.5 Å². The summed E-state index contributed by atoms with van der Waals surface area (Å²) in [5, 5.41) is 18.0. The van der Waals surface area contributed by atoms with E-state index >= 15 is 0 Å². The molecule has 1 unspecified atom stereocenters. The Labute approximate surface area is 106 Å². The zero-order chi connectivity index (χ0) is 12.7. The van der Waals surface area contributed by atoms with Crippen molar-refractivity contribution in [2.24, 2.45) is 7.05 Å². The van der Waals surface area contributed by atoms with Crippen molar-refractivity contribution in [3.05, 3.63) is 41.2 Å². The normalized spacial score (nSPS) is 15.8. The van der Waals surface area contributed by atoms with Gasteiger partial charge in [-0.1, -0.05) is 17.3 Å². The molecule has 1 N–H and O–H groups in total. The van der Waals surface area contributed by atoms with Gasteiger partial charge in [0.05, 0.1) is 11.9 Å². The van der Waals surface area contributed by atoms with Crippen molar-refractivity contribution in [1.29, 1.82) is 0 Å². The molecule has 1 aromatic carbocycles. The molecule has 0 saturated carbocycles. The Bertz CT molecular complexity index is 578. The molecule has 2 heterocycles. The lowest BCUT2D eigenvalue weighted by Crippen LogP contribution is -2.12. The minimum Gasteiger partial charge on any atom is -0.382 e. The van der Waals surface area contributed by atoms with Gasteiger partial charge in [0.1, 0.15) is 6.10 Å². The fraction of sp³-hybridized carbons (Fsp3) is 0.385. The molecule has 1 atom stereocenters. The quantitative estimate of drug-likeness (QED) is 0.852. The number of anilines is 1. The average Bonchev–Trinajstić information content (AvgIpc) is 2.95. The second-order valence-corrected chi connectivity index (χ2v) is 4.74. The molecule has 1 aromatic heterocycles. The van der Waals surface area contributed by atoms with Crippen molar-refractivity contribution >= 4 is 5.69 Å². The van der Waals surface area contributed by atoms with Gasteiger partial charge >= 0.3 is 0 Å². The van der Waals surface area contributed by atoms with Gasteiger partial charge in [-0.05, 0) is 23.6 Å². The van der Waals surface area contributed by atoms with Gasteiger partial charge in [-0.15, -0.1) is 5.10 Å². The first-order valence-corrected chi connectivity index (χ1v) is 6.03. The third kappa shape index (κ3) is 1.67. The van der Waals surface area contributed by atoms with Crippen LogP contribution in [-0.4, -0.2) is 33.7 Å². The largest absolute Gasteiger partial charge is 0.382 e. The van der Waals surface area contributed by atoms with E-state index in [-0.39, 0.29) is 0 Å². The lowest BCUT2D eigenvalue weighted by atomic mass is 10.0. The van der Waals surface area contributed by atoms with Crippen LogP contribution in [0.4, 0.5) is 5.69 Å². The van der Waals surface area contributed by atoms with Crippen molar-refractivity contribution in [3.8, 4) is 0 Å². The fourth-order valence-electron chi connectivity index (χ4n) is 2.47. The molecule has 18 heavy (non-hydrogen) atoms. The third-order valence-corrected chi connectivity index (χ3v) is 3.58. The summed E-state index contributed by atoms with van der Waals surface area (Å²) in [6.07, 6.45) is 1.97. The van der Waals surface area contributed by atoms with Crippen molar-refractivity contribution in [2.75, 3.05) is 18.5 Å². The van der Waals surface area contributed by atoms with Crippen LogP contribution in [0.5, 0.6) is 0 Å². The summed E-state index contributed by atoms with van der Waals surface area (Å²) in [6.45, 7) is 1.04. The minimum absolute atomic E-state index is 0.666. The van der Waals surface area contributed by atoms with Crippen LogP contribution in [0.25, 0.3) is 0 Å². The van der Waals surface area contributed by atoms with Gasteiger partial charge in [-0.2, -0.15) is 0 Å². The van der Waals surface area contributed by atoms with E-state index in [0.29, 0.717) is 5.69 Å². The highest BCUT2D eigenvalue weighted by atomic mass is 16.3. The molecule has 0 spiro atoms. The van der Waals surface area contributed by atoms with Crippen molar-refractivity contribution < 1.29 is 5.11 Å². The molecule has 0 amide bonds. The maximum absolute atomic E-state index is 10.3. The highest BCUT2D eigenvalue weighted by Gasteiger charge is 2.20. The number of aliphatic hydroxyl groups excluding tert-OH is 1. The predicted octanol–water partition coefficient (Wildman–Crippen LogP) is 0.889. The Morgan fingerprint density at radius 1 is 1.33 bits per heavy atom. The monoisotopic (exact) mass is 244 g/mol. The molecule has 5 nitrogen and oxygen atoms in total. The van der Waals surface area contributed by atoms with E-state index in [1.54, 1.807) is 17.9 Å². The molecule has 1 aliphatic rings. The molecule has 3 rings (SSSR count). The SMILES string of the molecule is CN1CCc2cc(C(O)c3cnnn3C)ccc21. The first-order valence-electron chi connectivity index (χ1n) is 6.03. The van der Waals surface area contributed by atoms with Gasteiger partial charge in [-0.25, -0.2) is 4.68 Å². The van der Waals surface area contributed by atoms with Crippen molar-refractivity contribution in [2.45, 2.75) is 12.5 Å². The summed E-state index contributed by atoms with van der Waals surface area (Å²) in [4.78, 5) is 2.23. The molecule has 0 radical (unpaired) electrons. The Hall–Kier alpha value is -1.88. The first kappa shape index (κ1) is 11.2. The van der Waals surface area contributed by atoms with Gasteiger partial charge in [0.25, 0.3) is 0 Å². The first-order chi connectivity index (χ1) is 8.66. The number of nitrogens with zero attached hydrogens (tertiary/aromatic N) is 4. The average molecular weight is 244 g/mol. The number of hydrogen-bond donors (Lipinski definition) is 1. The number of rotatable bonds is 2.